The van der Waals surface area contributed by atoms with Gasteiger partial charge < -0.3 is 15.6 Å². The molecule has 0 spiro atoms. The minimum Gasteiger partial charge on any atom is -0.386 e. The predicted octanol–water partition coefficient (Wildman–Crippen LogP) is 2.79. The first-order chi connectivity index (χ1) is 15.8. The van der Waals surface area contributed by atoms with Gasteiger partial charge in [0.05, 0.1) is 11.5 Å². The molecule has 5 rings (SSSR count). The van der Waals surface area contributed by atoms with Crippen molar-refractivity contribution in [2.75, 3.05) is 12.3 Å². The lowest BCUT2D eigenvalue weighted by atomic mass is 10.1. The van der Waals surface area contributed by atoms with Crippen molar-refractivity contribution in [1.29, 1.82) is 0 Å². The summed E-state index contributed by atoms with van der Waals surface area (Å²) in [5.74, 6) is 0.414. The van der Waals surface area contributed by atoms with Crippen LogP contribution in [0.3, 0.4) is 0 Å². The number of nitro groups is 1. The Morgan fingerprint density at radius 2 is 2.12 bits per heavy atom. The summed E-state index contributed by atoms with van der Waals surface area (Å²) in [5, 5.41) is 21.8. The van der Waals surface area contributed by atoms with Crippen LogP contribution in [-0.4, -0.2) is 54.5 Å². The average Bonchev–Trinajstić information content (AvgIpc) is 3.29. The number of imidazole rings is 1. The topological polar surface area (TPSA) is 178 Å². The molecule has 0 bridgehead atoms. The summed E-state index contributed by atoms with van der Waals surface area (Å²) in [4.78, 5) is 22.7. The maximum absolute atomic E-state index is 13.2. The van der Waals surface area contributed by atoms with Gasteiger partial charge in [-0.1, -0.05) is 12.1 Å². The molecule has 1 aromatic carbocycles. The maximum Gasteiger partial charge on any atom is 0.389 e. The fourth-order valence-corrected chi connectivity index (χ4v) is 7.54. The number of aliphatic hydroxyl groups excluding tert-OH is 1. The molecule has 2 fully saturated rings. The molecule has 5 atom stereocenters. The molecule has 13 nitrogen and oxygen atoms in total. The Kier molecular flexibility index (Phi) is 5.89. The van der Waals surface area contributed by atoms with Gasteiger partial charge in [-0.05, 0) is 32.9 Å². The van der Waals surface area contributed by atoms with Gasteiger partial charge in [-0.15, -0.1) is 0 Å². The number of hydrogen-bond donors (Lipinski definition) is 2. The number of fused-ring (bicyclic) bond motifs is 2. The lowest BCUT2D eigenvalue weighted by molar-refractivity contribution is -0.384. The van der Waals surface area contributed by atoms with Crippen molar-refractivity contribution < 1.29 is 28.4 Å². The van der Waals surface area contributed by atoms with E-state index in [1.807, 2.05) is 0 Å². The number of aromatic nitrogens is 4. The van der Waals surface area contributed by atoms with Gasteiger partial charge in [0.2, 0.25) is 0 Å². The summed E-state index contributed by atoms with van der Waals surface area (Å²) in [5.41, 5.74) is 7.23. The van der Waals surface area contributed by atoms with E-state index in [1.54, 1.807) is 12.1 Å². The van der Waals surface area contributed by atoms with Gasteiger partial charge in [0, 0.05) is 17.9 Å². The van der Waals surface area contributed by atoms with Gasteiger partial charge >= 0.3 is 6.80 Å². The van der Waals surface area contributed by atoms with Crippen LogP contribution in [0.4, 0.5) is 11.5 Å². The Balaban J connectivity index is 1.32. The predicted molar refractivity (Wildman–Crippen MR) is 120 cm³/mol. The van der Waals surface area contributed by atoms with Crippen molar-refractivity contribution in [2.45, 2.75) is 30.3 Å². The van der Waals surface area contributed by atoms with E-state index in [0.717, 1.165) is 11.4 Å². The van der Waals surface area contributed by atoms with Crippen LogP contribution in [0.15, 0.2) is 35.3 Å². The number of benzene rings is 1. The molecule has 2 aromatic heterocycles. The largest absolute Gasteiger partial charge is 0.389 e. The third kappa shape index (κ3) is 4.14. The van der Waals surface area contributed by atoms with E-state index in [4.69, 9.17) is 19.5 Å². The summed E-state index contributed by atoms with van der Waals surface area (Å²) in [6.07, 6.45) is -2.45. The van der Waals surface area contributed by atoms with Crippen molar-refractivity contribution in [3.63, 3.8) is 0 Å². The third-order valence-corrected chi connectivity index (χ3v) is 9.43. The highest BCUT2D eigenvalue weighted by Gasteiger charge is 2.53. The monoisotopic (exact) mass is 558 g/mol. The molecule has 3 N–H and O–H groups in total. The zero-order valence-corrected chi connectivity index (χ0v) is 19.9. The van der Waals surface area contributed by atoms with Gasteiger partial charge in [0.1, 0.15) is 24.6 Å². The summed E-state index contributed by atoms with van der Waals surface area (Å²) < 4.78 is 32.1. The second-order valence-corrected chi connectivity index (χ2v) is 12.0. The molecule has 174 valence electrons. The highest BCUT2D eigenvalue weighted by atomic mass is 79.9. The molecule has 3 aromatic rings. The highest BCUT2D eigenvalue weighted by molar-refractivity contribution is 9.10. The first-order valence-corrected chi connectivity index (χ1v) is 13.5. The standard InChI is InChI=1S/C17H16BrN6O7PS/c18-17-22-11-14(19)20-7-21-15(11)23(17)16-12(25)13-10(30-16)5-29-32(28,31-13)33-6-8-1-3-9(4-2-8)24(26)27/h1-4,7,10,12-13,16,25H,5-6H2,(H2,19,20,21)/t10?,12-,13+,16?,32+/m0/s1. The molecular formula is C17H16BrN6O7PS. The lowest BCUT2D eigenvalue weighted by Gasteiger charge is -2.31. The quantitative estimate of drug-likeness (QED) is 0.203. The maximum atomic E-state index is 13.2. The van der Waals surface area contributed by atoms with Crippen molar-refractivity contribution in [2.24, 2.45) is 0 Å². The van der Waals surface area contributed by atoms with Crippen LogP contribution >= 0.6 is 34.1 Å². The second-order valence-electron chi connectivity index (χ2n) is 7.25. The van der Waals surface area contributed by atoms with Crippen LogP contribution in [0.25, 0.3) is 11.2 Å². The number of aliphatic hydroxyl groups is 1. The molecule has 4 heterocycles. The second kappa shape index (κ2) is 8.58. The molecule has 2 unspecified atom stereocenters. The van der Waals surface area contributed by atoms with E-state index in [2.05, 4.69) is 30.9 Å². The van der Waals surface area contributed by atoms with E-state index >= 15 is 0 Å². The molecule has 2 aliphatic heterocycles. The summed E-state index contributed by atoms with van der Waals surface area (Å²) in [6.45, 7) is -3.68. The fraction of sp³-hybridized carbons (Fsp3) is 0.353. The number of hydrogen-bond acceptors (Lipinski definition) is 12. The van der Waals surface area contributed by atoms with Crippen molar-refractivity contribution in [3.8, 4) is 0 Å². The Morgan fingerprint density at radius 3 is 2.85 bits per heavy atom. The highest BCUT2D eigenvalue weighted by Crippen LogP contribution is 2.66. The number of nitrogen functional groups attached to an aromatic ring is 1. The SMILES string of the molecule is Nc1ncnc2c1nc(Br)n2C1OC2CO[P@@](=O)(SCc3ccc([N+](=O)[O-])cc3)O[C@H]2[C@@H]1O. The van der Waals surface area contributed by atoms with E-state index in [-0.39, 0.29) is 23.9 Å². The van der Waals surface area contributed by atoms with Gasteiger partial charge in [0.25, 0.3) is 5.69 Å². The lowest BCUT2D eigenvalue weighted by Crippen LogP contribution is -2.38. The molecule has 16 heteroatoms. The van der Waals surface area contributed by atoms with Crippen LogP contribution in [0.2, 0.25) is 0 Å². The van der Waals surface area contributed by atoms with Crippen LogP contribution in [-0.2, 0) is 24.1 Å². The summed E-state index contributed by atoms with van der Waals surface area (Å²) in [7, 11) is 0. The third-order valence-electron chi connectivity index (χ3n) is 5.21. The van der Waals surface area contributed by atoms with Crippen molar-refractivity contribution in [1.82, 2.24) is 19.5 Å². The number of ether oxygens (including phenoxy) is 1. The van der Waals surface area contributed by atoms with Crippen LogP contribution in [0.5, 0.6) is 0 Å². The zero-order valence-electron chi connectivity index (χ0n) is 16.6. The van der Waals surface area contributed by atoms with Crippen LogP contribution in [0.1, 0.15) is 11.8 Å². The van der Waals surface area contributed by atoms with Crippen LogP contribution in [0, 0.1) is 10.1 Å². The zero-order chi connectivity index (χ0) is 23.3. The Labute approximate surface area is 198 Å². The van der Waals surface area contributed by atoms with E-state index in [1.165, 1.54) is 23.0 Å². The number of nitrogens with two attached hydrogens (primary N) is 1. The Hall–Kier alpha value is -2.13. The van der Waals surface area contributed by atoms with Crippen molar-refractivity contribution >= 4 is 56.8 Å². The molecule has 0 radical (unpaired) electrons. The fourth-order valence-electron chi connectivity index (χ4n) is 3.60. The molecule has 2 aliphatic rings. The normalized spacial score (nSPS) is 29.3. The average molecular weight is 559 g/mol. The molecule has 0 saturated carbocycles. The van der Waals surface area contributed by atoms with Crippen molar-refractivity contribution in [3.05, 3.63) is 51.0 Å². The Bertz CT molecular complexity index is 1280. The van der Waals surface area contributed by atoms with Gasteiger partial charge in [-0.3, -0.25) is 23.7 Å². The molecule has 2 saturated heterocycles. The van der Waals surface area contributed by atoms with Gasteiger partial charge in [-0.25, -0.2) is 19.5 Å². The minimum atomic E-state index is -3.63. The van der Waals surface area contributed by atoms with E-state index in [0.29, 0.717) is 21.5 Å². The number of nitro benzene ring substituents is 1. The van der Waals surface area contributed by atoms with Crippen LogP contribution < -0.4 is 5.73 Å². The molecule has 33 heavy (non-hydrogen) atoms. The minimum absolute atomic E-state index is 0.0362. The molecular weight excluding hydrogens is 543 g/mol. The summed E-state index contributed by atoms with van der Waals surface area (Å²) in [6, 6.07) is 5.88. The van der Waals surface area contributed by atoms with E-state index in [9.17, 15) is 19.8 Å². The molecule has 0 amide bonds. The molecule has 0 aliphatic carbocycles. The van der Waals surface area contributed by atoms with Gasteiger partial charge in [0.15, 0.2) is 27.9 Å². The number of anilines is 1. The number of rotatable bonds is 5. The number of nitrogens with zero attached hydrogens (tertiary/aromatic N) is 5. The van der Waals surface area contributed by atoms with E-state index < -0.39 is 36.3 Å². The van der Waals surface area contributed by atoms with Gasteiger partial charge in [-0.2, -0.15) is 0 Å². The number of non-ortho nitro benzene ring substituents is 1. The first kappa shape index (κ1) is 22.7. The smallest absolute Gasteiger partial charge is 0.386 e. The Morgan fingerprint density at radius 1 is 1.36 bits per heavy atom. The number of halogens is 1. The summed E-state index contributed by atoms with van der Waals surface area (Å²) >= 11 is 4.27. The first-order valence-electron chi connectivity index (χ1n) is 9.54.